The van der Waals surface area contributed by atoms with E-state index in [1.54, 1.807) is 0 Å². The van der Waals surface area contributed by atoms with E-state index in [0.29, 0.717) is 18.8 Å². The summed E-state index contributed by atoms with van der Waals surface area (Å²) in [5, 5.41) is -0.460. The number of nitrogens with zero attached hydrogens (tertiary/aromatic N) is 1. The second kappa shape index (κ2) is 6.51. The molecular formula is C13H18FNO4S. The Morgan fingerprint density at radius 2 is 2.10 bits per heavy atom. The van der Waals surface area contributed by atoms with E-state index in [9.17, 15) is 12.8 Å². The maximum absolute atomic E-state index is 12.7. The van der Waals surface area contributed by atoms with Gasteiger partial charge in [-0.3, -0.25) is 0 Å². The van der Waals surface area contributed by atoms with Gasteiger partial charge >= 0.3 is 0 Å². The van der Waals surface area contributed by atoms with Gasteiger partial charge in [0.25, 0.3) is 0 Å². The highest BCUT2D eigenvalue weighted by atomic mass is 32.2. The first-order chi connectivity index (χ1) is 9.50. The molecule has 0 spiro atoms. The van der Waals surface area contributed by atoms with Crippen molar-refractivity contribution in [3.05, 3.63) is 30.1 Å². The van der Waals surface area contributed by atoms with Crippen molar-refractivity contribution in [3.63, 3.8) is 0 Å². The SMILES string of the molecule is CN(CCOc1ccc(F)cc1)S(=O)(=O)C1CCOC1. The van der Waals surface area contributed by atoms with E-state index in [2.05, 4.69) is 0 Å². The fourth-order valence-electron chi connectivity index (χ4n) is 1.95. The third kappa shape index (κ3) is 3.68. The van der Waals surface area contributed by atoms with Crippen LogP contribution >= 0.6 is 0 Å². The number of sulfonamides is 1. The van der Waals surface area contributed by atoms with E-state index < -0.39 is 15.3 Å². The highest BCUT2D eigenvalue weighted by molar-refractivity contribution is 7.89. The van der Waals surface area contributed by atoms with Crippen molar-refractivity contribution in [1.29, 1.82) is 0 Å². The summed E-state index contributed by atoms with van der Waals surface area (Å²) in [5.41, 5.74) is 0. The minimum Gasteiger partial charge on any atom is -0.492 e. The second-order valence-electron chi connectivity index (χ2n) is 4.65. The van der Waals surface area contributed by atoms with Gasteiger partial charge in [0, 0.05) is 20.2 Å². The highest BCUT2D eigenvalue weighted by Gasteiger charge is 2.32. The van der Waals surface area contributed by atoms with Gasteiger partial charge in [-0.25, -0.2) is 17.1 Å². The summed E-state index contributed by atoms with van der Waals surface area (Å²) < 4.78 is 48.8. The van der Waals surface area contributed by atoms with Crippen LogP contribution in [0.1, 0.15) is 6.42 Å². The van der Waals surface area contributed by atoms with E-state index in [1.807, 2.05) is 0 Å². The Hall–Kier alpha value is -1.18. The Bertz CT molecular complexity index is 526. The first kappa shape index (κ1) is 15.2. The van der Waals surface area contributed by atoms with Crippen molar-refractivity contribution >= 4 is 10.0 Å². The first-order valence-electron chi connectivity index (χ1n) is 6.41. The van der Waals surface area contributed by atoms with Crippen LogP contribution in [0.25, 0.3) is 0 Å². The molecule has 0 bridgehead atoms. The van der Waals surface area contributed by atoms with Crippen molar-refractivity contribution in [3.8, 4) is 5.75 Å². The molecule has 1 saturated heterocycles. The summed E-state index contributed by atoms with van der Waals surface area (Å²) >= 11 is 0. The normalized spacial score (nSPS) is 19.4. The molecule has 0 saturated carbocycles. The largest absolute Gasteiger partial charge is 0.492 e. The molecule has 1 aliphatic rings. The van der Waals surface area contributed by atoms with E-state index in [1.165, 1.54) is 35.6 Å². The third-order valence-electron chi connectivity index (χ3n) is 3.23. The summed E-state index contributed by atoms with van der Waals surface area (Å²) in [5.74, 6) is 0.180. The average Bonchev–Trinajstić information content (AvgIpc) is 2.95. The number of likely N-dealkylation sites (N-methyl/N-ethyl adjacent to an activating group) is 1. The van der Waals surface area contributed by atoms with Crippen molar-refractivity contribution in [2.45, 2.75) is 11.7 Å². The summed E-state index contributed by atoms with van der Waals surface area (Å²) in [6.07, 6.45) is 0.533. The maximum Gasteiger partial charge on any atom is 0.219 e. The second-order valence-corrected chi connectivity index (χ2v) is 6.97. The third-order valence-corrected chi connectivity index (χ3v) is 5.50. The highest BCUT2D eigenvalue weighted by Crippen LogP contribution is 2.17. The lowest BCUT2D eigenvalue weighted by molar-refractivity contribution is 0.197. The Morgan fingerprint density at radius 1 is 1.40 bits per heavy atom. The predicted molar refractivity (Wildman–Crippen MR) is 72.7 cm³/mol. The molecule has 5 nitrogen and oxygen atoms in total. The monoisotopic (exact) mass is 303 g/mol. The molecule has 2 rings (SSSR count). The van der Waals surface area contributed by atoms with Gasteiger partial charge in [-0.15, -0.1) is 0 Å². The van der Waals surface area contributed by atoms with Crippen LogP contribution in [-0.2, 0) is 14.8 Å². The summed E-state index contributed by atoms with van der Waals surface area (Å²) in [6.45, 7) is 1.21. The van der Waals surface area contributed by atoms with Gasteiger partial charge < -0.3 is 9.47 Å². The lowest BCUT2D eigenvalue weighted by Gasteiger charge is -2.20. The van der Waals surface area contributed by atoms with E-state index >= 15 is 0 Å². The molecule has 1 aromatic carbocycles. The van der Waals surface area contributed by atoms with Crippen molar-refractivity contribution in [2.75, 3.05) is 33.4 Å². The van der Waals surface area contributed by atoms with Gasteiger partial charge in [0.2, 0.25) is 10.0 Å². The molecular weight excluding hydrogens is 285 g/mol. The molecule has 112 valence electrons. The van der Waals surface area contributed by atoms with Crippen LogP contribution in [0.4, 0.5) is 4.39 Å². The average molecular weight is 303 g/mol. The van der Waals surface area contributed by atoms with Crippen LogP contribution in [0.2, 0.25) is 0 Å². The predicted octanol–water partition coefficient (Wildman–Crippen LogP) is 1.25. The van der Waals surface area contributed by atoms with Crippen LogP contribution in [0.15, 0.2) is 24.3 Å². The van der Waals surface area contributed by atoms with Gasteiger partial charge in [0.15, 0.2) is 0 Å². The number of halogens is 1. The van der Waals surface area contributed by atoms with Gasteiger partial charge in [0.1, 0.15) is 23.4 Å². The zero-order valence-electron chi connectivity index (χ0n) is 11.3. The number of hydrogen-bond donors (Lipinski definition) is 0. The zero-order valence-corrected chi connectivity index (χ0v) is 12.1. The van der Waals surface area contributed by atoms with Crippen LogP contribution in [0.3, 0.4) is 0 Å². The van der Waals surface area contributed by atoms with Gasteiger partial charge in [-0.2, -0.15) is 0 Å². The molecule has 0 amide bonds. The lowest BCUT2D eigenvalue weighted by Crippen LogP contribution is -2.38. The number of rotatable bonds is 6. The topological polar surface area (TPSA) is 55.8 Å². The number of benzene rings is 1. The van der Waals surface area contributed by atoms with Crippen molar-refractivity contribution < 1.29 is 22.3 Å². The minimum absolute atomic E-state index is 0.217. The van der Waals surface area contributed by atoms with Gasteiger partial charge in [-0.05, 0) is 30.7 Å². The van der Waals surface area contributed by atoms with E-state index in [-0.39, 0.29) is 25.6 Å². The van der Waals surface area contributed by atoms with E-state index in [4.69, 9.17) is 9.47 Å². The van der Waals surface area contributed by atoms with Crippen molar-refractivity contribution in [2.24, 2.45) is 0 Å². The molecule has 1 atom stereocenters. The Morgan fingerprint density at radius 3 is 2.70 bits per heavy atom. The lowest BCUT2D eigenvalue weighted by atomic mass is 10.3. The first-order valence-corrected chi connectivity index (χ1v) is 7.92. The molecule has 1 aliphatic heterocycles. The smallest absolute Gasteiger partial charge is 0.219 e. The maximum atomic E-state index is 12.7. The summed E-state index contributed by atoms with van der Waals surface area (Å²) in [6, 6.07) is 5.61. The molecule has 7 heteroatoms. The quantitative estimate of drug-likeness (QED) is 0.794. The molecule has 0 aromatic heterocycles. The minimum atomic E-state index is -3.33. The molecule has 1 fully saturated rings. The summed E-state index contributed by atoms with van der Waals surface area (Å²) in [4.78, 5) is 0. The Kier molecular flexibility index (Phi) is 4.95. The van der Waals surface area contributed by atoms with Gasteiger partial charge in [0.05, 0.1) is 6.61 Å². The molecule has 1 heterocycles. The molecule has 1 aromatic rings. The Labute approximate surface area is 118 Å². The fraction of sp³-hybridized carbons (Fsp3) is 0.538. The molecule has 0 radical (unpaired) electrons. The molecule has 0 aliphatic carbocycles. The number of hydrogen-bond acceptors (Lipinski definition) is 4. The zero-order chi connectivity index (χ0) is 14.6. The molecule has 0 N–H and O–H groups in total. The van der Waals surface area contributed by atoms with Gasteiger partial charge in [-0.1, -0.05) is 0 Å². The molecule has 1 unspecified atom stereocenters. The van der Waals surface area contributed by atoms with Crippen LogP contribution in [-0.4, -0.2) is 51.4 Å². The molecule has 20 heavy (non-hydrogen) atoms. The Balaban J connectivity index is 1.82. The number of ether oxygens (including phenoxy) is 2. The van der Waals surface area contributed by atoms with Crippen LogP contribution in [0.5, 0.6) is 5.75 Å². The standard InChI is InChI=1S/C13H18FNO4S/c1-15(20(16,17)13-6-8-18-10-13)7-9-19-12-4-2-11(14)3-5-12/h2-5,13H,6-10H2,1H3. The van der Waals surface area contributed by atoms with Crippen LogP contribution < -0.4 is 4.74 Å². The van der Waals surface area contributed by atoms with Crippen LogP contribution in [0, 0.1) is 5.82 Å². The summed E-state index contributed by atoms with van der Waals surface area (Å²) in [7, 11) is -1.80. The van der Waals surface area contributed by atoms with Crippen molar-refractivity contribution in [1.82, 2.24) is 4.31 Å². The fourth-order valence-corrected chi connectivity index (χ4v) is 3.45. The van der Waals surface area contributed by atoms with E-state index in [0.717, 1.165) is 0 Å².